The first-order valence-electron chi connectivity index (χ1n) is 8.55. The minimum absolute atomic E-state index is 0.0331. The topological polar surface area (TPSA) is 76.8 Å². The molecule has 2 aromatic heterocycles. The molecule has 0 radical (unpaired) electrons. The number of ether oxygens (including phenoxy) is 1. The first-order valence-corrected chi connectivity index (χ1v) is 9.37. The molecule has 3 heterocycles. The van der Waals surface area contributed by atoms with Crippen LogP contribution < -0.4 is 14.8 Å². The van der Waals surface area contributed by atoms with Crippen LogP contribution in [-0.2, 0) is 4.79 Å². The highest BCUT2D eigenvalue weighted by molar-refractivity contribution is 7.15. The molecule has 3 aromatic rings. The Bertz CT molecular complexity index is 1020. The van der Waals surface area contributed by atoms with Crippen molar-refractivity contribution in [3.05, 3.63) is 51.0 Å². The first-order chi connectivity index (χ1) is 12.7. The summed E-state index contributed by atoms with van der Waals surface area (Å²) in [6.45, 7) is 1.71. The Kier molecular flexibility index (Phi) is 4.66. The summed E-state index contributed by atoms with van der Waals surface area (Å²) in [4.78, 5) is 30.8. The van der Waals surface area contributed by atoms with Gasteiger partial charge in [-0.15, -0.1) is 0 Å². The third-order valence-corrected chi connectivity index (χ3v) is 5.34. The number of benzene rings is 1. The lowest BCUT2D eigenvalue weighted by atomic mass is 10.1. The Morgan fingerprint density at radius 3 is 2.69 bits per heavy atom. The number of amides is 1. The van der Waals surface area contributed by atoms with E-state index in [1.54, 1.807) is 18.2 Å². The molecule has 0 saturated carbocycles. The highest BCUT2D eigenvalue weighted by atomic mass is 32.1. The van der Waals surface area contributed by atoms with Gasteiger partial charge in [0, 0.05) is 13.1 Å². The first kappa shape index (κ1) is 16.7. The molecule has 1 aliphatic rings. The van der Waals surface area contributed by atoms with Gasteiger partial charge in [-0.25, -0.2) is 4.98 Å². The SMILES string of the molecule is O=C(COc1ccc(/C=c2\sc3ncnn3c2=O)cc1)N1CCCCC1. The summed E-state index contributed by atoms with van der Waals surface area (Å²) in [7, 11) is 0. The van der Waals surface area contributed by atoms with Gasteiger partial charge in [-0.3, -0.25) is 9.59 Å². The number of fused-ring (bicyclic) bond motifs is 1. The molecule has 1 aromatic carbocycles. The number of hydrogen-bond donors (Lipinski definition) is 0. The Morgan fingerprint density at radius 2 is 1.96 bits per heavy atom. The molecular weight excluding hydrogens is 352 g/mol. The van der Waals surface area contributed by atoms with Crippen molar-refractivity contribution in [2.45, 2.75) is 19.3 Å². The van der Waals surface area contributed by atoms with E-state index in [0.717, 1.165) is 31.5 Å². The van der Waals surface area contributed by atoms with Crippen molar-refractivity contribution in [1.29, 1.82) is 0 Å². The number of rotatable bonds is 4. The predicted octanol–water partition coefficient (Wildman–Crippen LogP) is 1.09. The van der Waals surface area contributed by atoms with Crippen LogP contribution in [0.4, 0.5) is 0 Å². The number of likely N-dealkylation sites (tertiary alicyclic amines) is 1. The van der Waals surface area contributed by atoms with Crippen molar-refractivity contribution in [2.24, 2.45) is 0 Å². The predicted molar refractivity (Wildman–Crippen MR) is 98.3 cm³/mol. The van der Waals surface area contributed by atoms with Gasteiger partial charge in [0.2, 0.25) is 4.96 Å². The van der Waals surface area contributed by atoms with Crippen LogP contribution in [0.25, 0.3) is 11.0 Å². The van der Waals surface area contributed by atoms with Gasteiger partial charge >= 0.3 is 0 Å². The van der Waals surface area contributed by atoms with Gasteiger partial charge in [0.1, 0.15) is 12.1 Å². The zero-order chi connectivity index (χ0) is 17.9. The van der Waals surface area contributed by atoms with E-state index in [2.05, 4.69) is 10.1 Å². The van der Waals surface area contributed by atoms with Gasteiger partial charge in [-0.2, -0.15) is 9.61 Å². The van der Waals surface area contributed by atoms with Crippen LogP contribution in [0.5, 0.6) is 5.75 Å². The van der Waals surface area contributed by atoms with Crippen LogP contribution in [0.2, 0.25) is 0 Å². The second-order valence-corrected chi connectivity index (χ2v) is 7.18. The molecule has 1 saturated heterocycles. The van der Waals surface area contributed by atoms with E-state index in [1.807, 2.05) is 17.0 Å². The molecule has 8 heteroatoms. The fourth-order valence-electron chi connectivity index (χ4n) is 2.97. The second kappa shape index (κ2) is 7.25. The van der Waals surface area contributed by atoms with Gasteiger partial charge in [-0.1, -0.05) is 23.5 Å². The van der Waals surface area contributed by atoms with Gasteiger partial charge in [-0.05, 0) is 43.0 Å². The number of thiazole rings is 1. The van der Waals surface area contributed by atoms with Crippen molar-refractivity contribution < 1.29 is 9.53 Å². The molecule has 0 unspecified atom stereocenters. The van der Waals surface area contributed by atoms with Gasteiger partial charge in [0.25, 0.3) is 11.5 Å². The summed E-state index contributed by atoms with van der Waals surface area (Å²) >= 11 is 1.30. The minimum atomic E-state index is -0.171. The van der Waals surface area contributed by atoms with Crippen molar-refractivity contribution in [3.63, 3.8) is 0 Å². The van der Waals surface area contributed by atoms with Crippen LogP contribution in [0.15, 0.2) is 35.4 Å². The van der Waals surface area contributed by atoms with E-state index in [9.17, 15) is 9.59 Å². The number of carbonyl (C=O) groups excluding carboxylic acids is 1. The van der Waals surface area contributed by atoms with Crippen LogP contribution >= 0.6 is 11.3 Å². The third-order valence-electron chi connectivity index (χ3n) is 4.37. The standard InChI is InChI=1S/C18H18N4O3S/c23-16(21-8-2-1-3-9-21)11-25-14-6-4-13(5-7-14)10-15-17(24)22-18(26-15)19-12-20-22/h4-7,10,12H,1-3,8-9,11H2/b15-10-. The summed E-state index contributed by atoms with van der Waals surface area (Å²) in [6, 6.07) is 7.32. The van der Waals surface area contributed by atoms with Crippen molar-refractivity contribution >= 4 is 28.3 Å². The van der Waals surface area contributed by atoms with Crippen LogP contribution in [0.3, 0.4) is 0 Å². The summed E-state index contributed by atoms with van der Waals surface area (Å²) < 4.78 is 7.47. The molecule has 1 fully saturated rings. The Balaban J connectivity index is 1.42. The molecule has 0 aliphatic carbocycles. The van der Waals surface area contributed by atoms with E-state index in [1.165, 1.54) is 28.6 Å². The van der Waals surface area contributed by atoms with Gasteiger partial charge < -0.3 is 9.64 Å². The fraction of sp³-hybridized carbons (Fsp3) is 0.333. The largest absolute Gasteiger partial charge is 0.484 e. The molecule has 0 bridgehead atoms. The molecule has 4 rings (SSSR count). The van der Waals surface area contributed by atoms with E-state index in [-0.39, 0.29) is 18.1 Å². The van der Waals surface area contributed by atoms with Crippen molar-refractivity contribution in [3.8, 4) is 5.75 Å². The Hall–Kier alpha value is -2.74. The molecule has 1 aliphatic heterocycles. The Labute approximate surface area is 153 Å². The Morgan fingerprint density at radius 1 is 1.19 bits per heavy atom. The molecular formula is C18H18N4O3S. The summed E-state index contributed by atoms with van der Waals surface area (Å²) in [6.07, 6.45) is 6.50. The highest BCUT2D eigenvalue weighted by Gasteiger charge is 2.16. The number of aromatic nitrogens is 3. The van der Waals surface area contributed by atoms with E-state index < -0.39 is 0 Å². The fourth-order valence-corrected chi connectivity index (χ4v) is 3.85. The number of piperidine rings is 1. The molecule has 0 atom stereocenters. The minimum Gasteiger partial charge on any atom is -0.484 e. The van der Waals surface area contributed by atoms with E-state index >= 15 is 0 Å². The molecule has 0 spiro atoms. The van der Waals surface area contributed by atoms with Crippen LogP contribution in [0.1, 0.15) is 24.8 Å². The summed E-state index contributed by atoms with van der Waals surface area (Å²) in [5, 5.41) is 3.90. The maximum atomic E-state index is 12.2. The summed E-state index contributed by atoms with van der Waals surface area (Å²) in [5.41, 5.74) is 0.705. The van der Waals surface area contributed by atoms with Gasteiger partial charge in [0.15, 0.2) is 6.61 Å². The molecule has 0 N–H and O–H groups in total. The van der Waals surface area contributed by atoms with Crippen molar-refractivity contribution in [1.82, 2.24) is 19.5 Å². The number of hydrogen-bond acceptors (Lipinski definition) is 6. The number of carbonyl (C=O) groups is 1. The summed E-state index contributed by atoms with van der Waals surface area (Å²) in [5.74, 6) is 0.670. The quantitative estimate of drug-likeness (QED) is 0.687. The zero-order valence-corrected chi connectivity index (χ0v) is 14.9. The third kappa shape index (κ3) is 3.45. The highest BCUT2D eigenvalue weighted by Crippen LogP contribution is 2.14. The smallest absolute Gasteiger partial charge is 0.291 e. The maximum absolute atomic E-state index is 12.2. The monoisotopic (exact) mass is 370 g/mol. The maximum Gasteiger partial charge on any atom is 0.291 e. The second-order valence-electron chi connectivity index (χ2n) is 6.17. The average molecular weight is 370 g/mol. The normalized spacial score (nSPS) is 15.5. The molecule has 26 heavy (non-hydrogen) atoms. The molecule has 134 valence electrons. The van der Waals surface area contributed by atoms with Crippen LogP contribution in [0, 0.1) is 0 Å². The van der Waals surface area contributed by atoms with Crippen LogP contribution in [-0.4, -0.2) is 45.1 Å². The van der Waals surface area contributed by atoms with Gasteiger partial charge in [0.05, 0.1) is 4.53 Å². The lowest BCUT2D eigenvalue weighted by Crippen LogP contribution is -2.38. The number of nitrogens with zero attached hydrogens (tertiary/aromatic N) is 4. The van der Waals surface area contributed by atoms with Crippen molar-refractivity contribution in [2.75, 3.05) is 19.7 Å². The molecule has 7 nitrogen and oxygen atoms in total. The van der Waals surface area contributed by atoms with E-state index in [0.29, 0.717) is 15.2 Å². The zero-order valence-electron chi connectivity index (χ0n) is 14.1. The average Bonchev–Trinajstić information content (AvgIpc) is 3.25. The lowest BCUT2D eigenvalue weighted by Gasteiger charge is -2.26. The lowest BCUT2D eigenvalue weighted by molar-refractivity contribution is -0.134. The molecule has 1 amide bonds. The van der Waals surface area contributed by atoms with E-state index in [4.69, 9.17) is 4.74 Å².